The molecule has 2 atom stereocenters. The van der Waals surface area contributed by atoms with E-state index in [0.717, 1.165) is 6.42 Å². The molecular formula is C19H31N2O3+. The van der Waals surface area contributed by atoms with Crippen molar-refractivity contribution in [2.45, 2.75) is 59.0 Å². The molecule has 3 N–H and O–H groups in total. The Bertz CT molecular complexity index is 526. The van der Waals surface area contributed by atoms with E-state index in [1.165, 1.54) is 31.1 Å². The molecule has 0 heterocycles. The smallest absolute Gasteiger partial charge is 0.413 e. The van der Waals surface area contributed by atoms with Crippen molar-refractivity contribution in [2.75, 3.05) is 7.11 Å². The van der Waals surface area contributed by atoms with Crippen LogP contribution in [0.15, 0.2) is 24.3 Å². The Kier molecular flexibility index (Phi) is 8.47. The van der Waals surface area contributed by atoms with Crippen LogP contribution in [-0.4, -0.2) is 25.2 Å². The molecule has 0 aliphatic heterocycles. The van der Waals surface area contributed by atoms with Crippen LogP contribution < -0.4 is 10.6 Å². The number of hydrogen-bond acceptors (Lipinski definition) is 3. The van der Waals surface area contributed by atoms with Gasteiger partial charge in [-0.3, -0.25) is 10.1 Å². The summed E-state index contributed by atoms with van der Waals surface area (Å²) in [6.07, 6.45) is 2.77. The molecule has 0 saturated carbocycles. The lowest BCUT2D eigenvalue weighted by molar-refractivity contribution is -0.719. The van der Waals surface area contributed by atoms with E-state index in [1.54, 1.807) is 6.92 Å². The summed E-state index contributed by atoms with van der Waals surface area (Å²) in [5, 5.41) is 4.23. The maximum atomic E-state index is 12.0. The second kappa shape index (κ2) is 10.1. The highest BCUT2D eigenvalue weighted by Gasteiger charge is 2.26. The lowest BCUT2D eigenvalue weighted by Crippen LogP contribution is -2.93. The number of carbonyl (C=O) groups is 2. The van der Waals surface area contributed by atoms with E-state index >= 15 is 0 Å². The van der Waals surface area contributed by atoms with Gasteiger partial charge in [0.25, 0.3) is 5.91 Å². The van der Waals surface area contributed by atoms with E-state index in [-0.39, 0.29) is 18.0 Å². The lowest BCUT2D eigenvalue weighted by atomic mass is 9.94. The number of nitrogens with one attached hydrogen (secondary N) is 1. The molecule has 134 valence electrons. The number of aryl methyl sites for hydroxylation is 1. The first-order valence-corrected chi connectivity index (χ1v) is 8.71. The molecule has 0 aromatic heterocycles. The molecule has 5 heteroatoms. The van der Waals surface area contributed by atoms with Gasteiger partial charge in [0.15, 0.2) is 6.04 Å². The molecule has 0 aliphatic carbocycles. The topological polar surface area (TPSA) is 72.0 Å². The number of carbonyl (C=O) groups excluding carboxylic acids is 2. The normalized spacial score (nSPS) is 13.4. The van der Waals surface area contributed by atoms with Gasteiger partial charge in [-0.05, 0) is 25.3 Å². The molecule has 0 saturated heterocycles. The van der Waals surface area contributed by atoms with E-state index in [4.69, 9.17) is 0 Å². The van der Waals surface area contributed by atoms with Gasteiger partial charge in [0.05, 0.1) is 7.11 Å². The van der Waals surface area contributed by atoms with Crippen LogP contribution in [0.2, 0.25) is 0 Å². The Morgan fingerprint density at radius 2 is 1.79 bits per heavy atom. The molecule has 0 spiro atoms. The molecule has 0 fully saturated rings. The molecule has 2 amide bonds. The zero-order chi connectivity index (χ0) is 18.1. The van der Waals surface area contributed by atoms with E-state index in [1.807, 2.05) is 5.32 Å². The van der Waals surface area contributed by atoms with Gasteiger partial charge in [-0.15, -0.1) is 0 Å². The summed E-state index contributed by atoms with van der Waals surface area (Å²) in [7, 11) is 1.24. The summed E-state index contributed by atoms with van der Waals surface area (Å²) in [4.78, 5) is 23.2. The predicted molar refractivity (Wildman–Crippen MR) is 94.6 cm³/mol. The van der Waals surface area contributed by atoms with Crippen molar-refractivity contribution in [1.29, 1.82) is 0 Å². The van der Waals surface area contributed by atoms with Crippen LogP contribution in [0.1, 0.15) is 57.7 Å². The first-order valence-electron chi connectivity index (χ1n) is 8.71. The van der Waals surface area contributed by atoms with Gasteiger partial charge in [-0.25, -0.2) is 4.79 Å². The fourth-order valence-electron chi connectivity index (χ4n) is 2.67. The lowest BCUT2D eigenvalue weighted by Gasteiger charge is -2.23. The van der Waals surface area contributed by atoms with Crippen molar-refractivity contribution in [1.82, 2.24) is 5.32 Å². The van der Waals surface area contributed by atoms with Gasteiger partial charge < -0.3 is 10.1 Å². The van der Waals surface area contributed by atoms with Crippen molar-refractivity contribution in [2.24, 2.45) is 5.92 Å². The number of unbranched alkanes of at least 4 members (excludes halogenated alkanes) is 1. The maximum Gasteiger partial charge on any atom is 0.413 e. The monoisotopic (exact) mass is 335 g/mol. The van der Waals surface area contributed by atoms with Gasteiger partial charge in [-0.1, -0.05) is 51.5 Å². The Balaban J connectivity index is 2.76. The second-order valence-corrected chi connectivity index (χ2v) is 6.58. The number of amides is 2. The number of ether oxygens (including phenoxy) is 1. The second-order valence-electron chi connectivity index (χ2n) is 6.58. The Labute approximate surface area is 145 Å². The van der Waals surface area contributed by atoms with Crippen LogP contribution in [-0.2, 0) is 16.0 Å². The number of imide groups is 1. The average Bonchev–Trinajstić information content (AvgIpc) is 2.57. The quantitative estimate of drug-likeness (QED) is 0.767. The van der Waals surface area contributed by atoms with Crippen molar-refractivity contribution < 1.29 is 19.6 Å². The Morgan fingerprint density at radius 3 is 2.29 bits per heavy atom. The zero-order valence-corrected chi connectivity index (χ0v) is 15.5. The van der Waals surface area contributed by atoms with Crippen LogP contribution >= 0.6 is 0 Å². The van der Waals surface area contributed by atoms with Gasteiger partial charge in [0.1, 0.15) is 6.04 Å². The van der Waals surface area contributed by atoms with Crippen LogP contribution in [0, 0.1) is 5.92 Å². The number of nitrogens with two attached hydrogens (primary N) is 1. The largest absolute Gasteiger partial charge is 0.453 e. The van der Waals surface area contributed by atoms with Crippen LogP contribution in [0.5, 0.6) is 0 Å². The molecule has 1 rings (SSSR count). The Morgan fingerprint density at radius 1 is 1.17 bits per heavy atom. The molecule has 5 nitrogen and oxygen atoms in total. The fraction of sp³-hybridized carbons (Fsp3) is 0.579. The molecule has 0 aliphatic rings. The van der Waals surface area contributed by atoms with Crippen molar-refractivity contribution in [3.05, 3.63) is 35.4 Å². The van der Waals surface area contributed by atoms with Crippen LogP contribution in [0.4, 0.5) is 4.79 Å². The molecule has 0 bridgehead atoms. The Hall–Kier alpha value is -1.88. The molecule has 0 unspecified atom stereocenters. The molecule has 0 radical (unpaired) electrons. The number of rotatable bonds is 8. The zero-order valence-electron chi connectivity index (χ0n) is 15.5. The summed E-state index contributed by atoms with van der Waals surface area (Å²) < 4.78 is 4.47. The highest BCUT2D eigenvalue weighted by atomic mass is 16.5. The number of quaternary nitrogens is 1. The summed E-state index contributed by atoms with van der Waals surface area (Å²) >= 11 is 0. The first kappa shape index (κ1) is 20.2. The minimum atomic E-state index is -0.721. The van der Waals surface area contributed by atoms with Crippen molar-refractivity contribution in [3.63, 3.8) is 0 Å². The maximum absolute atomic E-state index is 12.0. The summed E-state index contributed by atoms with van der Waals surface area (Å²) in [6, 6.07) is 8.43. The minimum Gasteiger partial charge on any atom is -0.453 e. The third-order valence-electron chi connectivity index (χ3n) is 4.22. The van der Waals surface area contributed by atoms with Crippen LogP contribution in [0.3, 0.4) is 0 Å². The van der Waals surface area contributed by atoms with Gasteiger partial charge in [-0.2, -0.15) is 0 Å². The van der Waals surface area contributed by atoms with E-state index < -0.39 is 6.09 Å². The average molecular weight is 335 g/mol. The van der Waals surface area contributed by atoms with E-state index in [2.05, 4.69) is 55.1 Å². The fourth-order valence-corrected chi connectivity index (χ4v) is 2.67. The van der Waals surface area contributed by atoms with Gasteiger partial charge in [0, 0.05) is 11.5 Å². The summed E-state index contributed by atoms with van der Waals surface area (Å²) in [6.45, 7) is 8.26. The highest BCUT2D eigenvalue weighted by molar-refractivity contribution is 5.93. The van der Waals surface area contributed by atoms with E-state index in [9.17, 15) is 9.59 Å². The number of alkyl carbamates (subject to hydrolysis) is 1. The summed E-state index contributed by atoms with van der Waals surface area (Å²) in [5.74, 6) is 0.0203. The SMILES string of the molecule is CCCCc1ccc([C@H]([NH2+][C@@H](C)C(=O)NC(=O)OC)C(C)C)cc1. The third kappa shape index (κ3) is 6.32. The summed E-state index contributed by atoms with van der Waals surface area (Å²) in [5.41, 5.74) is 2.54. The minimum absolute atomic E-state index is 0.156. The number of hydrogen-bond donors (Lipinski definition) is 2. The van der Waals surface area contributed by atoms with Crippen molar-refractivity contribution in [3.8, 4) is 0 Å². The predicted octanol–water partition coefficient (Wildman–Crippen LogP) is 2.56. The molecule has 24 heavy (non-hydrogen) atoms. The van der Waals surface area contributed by atoms with E-state index in [0.29, 0.717) is 5.92 Å². The number of benzene rings is 1. The van der Waals surface area contributed by atoms with Crippen molar-refractivity contribution >= 4 is 12.0 Å². The van der Waals surface area contributed by atoms with Gasteiger partial charge in [0.2, 0.25) is 0 Å². The third-order valence-corrected chi connectivity index (χ3v) is 4.22. The van der Waals surface area contributed by atoms with Gasteiger partial charge >= 0.3 is 6.09 Å². The molecule has 1 aromatic rings. The number of methoxy groups -OCH3 is 1. The molecule has 1 aromatic carbocycles. The highest BCUT2D eigenvalue weighted by Crippen LogP contribution is 2.19. The standard InChI is InChI=1S/C19H30N2O3/c1-6-7-8-15-9-11-16(12-10-15)17(13(2)3)20-14(4)18(22)21-19(23)24-5/h9-14,17,20H,6-8H2,1-5H3,(H,21,22,23)/p+1/t14-,17+/m0/s1. The molecular weight excluding hydrogens is 304 g/mol. The van der Waals surface area contributed by atoms with Crippen LogP contribution in [0.25, 0.3) is 0 Å². The first-order chi connectivity index (χ1) is 11.4.